The fourth-order valence-corrected chi connectivity index (χ4v) is 3.08. The standard InChI is InChI=1S/C18H18ClNO2/c19-17-9-5-4-8-15(17)16(13-6-2-1-3-7-13)10-18(22)20-11-14(21)12-20/h1-9,14,16,21H,10-12H2/t16-/m0/s1. The maximum absolute atomic E-state index is 12.4. The van der Waals surface area contributed by atoms with Crippen LogP contribution in [-0.4, -0.2) is 35.1 Å². The molecule has 22 heavy (non-hydrogen) atoms. The number of hydrogen-bond acceptors (Lipinski definition) is 2. The molecule has 1 N–H and O–H groups in total. The molecule has 3 rings (SSSR count). The SMILES string of the molecule is O=C(C[C@@H](c1ccccc1)c1ccccc1Cl)N1CC(O)C1. The topological polar surface area (TPSA) is 40.5 Å². The Bertz CT molecular complexity index is 653. The smallest absolute Gasteiger partial charge is 0.223 e. The maximum atomic E-state index is 12.4. The van der Waals surface area contributed by atoms with Crippen molar-refractivity contribution in [2.75, 3.05) is 13.1 Å². The fraction of sp³-hybridized carbons (Fsp3) is 0.278. The van der Waals surface area contributed by atoms with Crippen molar-refractivity contribution in [2.24, 2.45) is 0 Å². The van der Waals surface area contributed by atoms with Crippen LogP contribution in [0.2, 0.25) is 5.02 Å². The number of likely N-dealkylation sites (tertiary alicyclic amines) is 1. The van der Waals surface area contributed by atoms with Gasteiger partial charge in [-0.15, -0.1) is 0 Å². The molecular weight excluding hydrogens is 298 g/mol. The van der Waals surface area contributed by atoms with E-state index in [-0.39, 0.29) is 17.9 Å². The number of β-amino-alcohol motifs (C(OH)–C–C–N with tert-alkyl or cyclic N) is 1. The highest BCUT2D eigenvalue weighted by Crippen LogP contribution is 2.33. The lowest BCUT2D eigenvalue weighted by Gasteiger charge is -2.37. The summed E-state index contributed by atoms with van der Waals surface area (Å²) in [7, 11) is 0. The predicted octanol–water partition coefficient (Wildman–Crippen LogP) is 3.07. The van der Waals surface area contributed by atoms with E-state index in [1.165, 1.54) is 0 Å². The van der Waals surface area contributed by atoms with Crippen LogP contribution in [0.5, 0.6) is 0 Å². The third-order valence-electron chi connectivity index (χ3n) is 4.08. The summed E-state index contributed by atoms with van der Waals surface area (Å²) in [6, 6.07) is 17.6. The van der Waals surface area contributed by atoms with Gasteiger partial charge in [-0.2, -0.15) is 0 Å². The minimum atomic E-state index is -0.376. The summed E-state index contributed by atoms with van der Waals surface area (Å²) < 4.78 is 0. The molecule has 0 spiro atoms. The Morgan fingerprint density at radius 3 is 2.41 bits per heavy atom. The Hall–Kier alpha value is -1.84. The molecule has 1 fully saturated rings. The monoisotopic (exact) mass is 315 g/mol. The number of halogens is 1. The molecule has 1 aliphatic heterocycles. The molecule has 3 nitrogen and oxygen atoms in total. The molecule has 1 aliphatic rings. The highest BCUT2D eigenvalue weighted by atomic mass is 35.5. The molecule has 0 unspecified atom stereocenters. The molecule has 1 amide bonds. The van der Waals surface area contributed by atoms with Crippen molar-refractivity contribution in [1.82, 2.24) is 4.90 Å². The molecule has 4 heteroatoms. The van der Waals surface area contributed by atoms with Crippen LogP contribution in [-0.2, 0) is 4.79 Å². The van der Waals surface area contributed by atoms with Crippen LogP contribution < -0.4 is 0 Å². The Labute approximate surface area is 135 Å². The number of aliphatic hydroxyl groups is 1. The van der Waals surface area contributed by atoms with Crippen molar-refractivity contribution in [2.45, 2.75) is 18.4 Å². The third-order valence-corrected chi connectivity index (χ3v) is 4.42. The first kappa shape index (κ1) is 15.1. The van der Waals surface area contributed by atoms with Crippen LogP contribution >= 0.6 is 11.6 Å². The van der Waals surface area contributed by atoms with E-state index in [2.05, 4.69) is 0 Å². The van der Waals surface area contributed by atoms with E-state index in [1.807, 2.05) is 54.6 Å². The number of benzene rings is 2. The number of carbonyl (C=O) groups is 1. The van der Waals surface area contributed by atoms with E-state index in [4.69, 9.17) is 11.6 Å². The summed E-state index contributed by atoms with van der Waals surface area (Å²) in [6.45, 7) is 0.867. The number of carbonyl (C=O) groups excluding carboxylic acids is 1. The highest BCUT2D eigenvalue weighted by molar-refractivity contribution is 6.31. The highest BCUT2D eigenvalue weighted by Gasteiger charge is 2.31. The van der Waals surface area contributed by atoms with Crippen LogP contribution in [0.15, 0.2) is 54.6 Å². The minimum absolute atomic E-state index is 0.0547. The van der Waals surface area contributed by atoms with Gasteiger partial charge in [0, 0.05) is 30.5 Å². The zero-order chi connectivity index (χ0) is 15.5. The minimum Gasteiger partial charge on any atom is -0.389 e. The van der Waals surface area contributed by atoms with Crippen LogP contribution in [0.25, 0.3) is 0 Å². The Balaban J connectivity index is 1.87. The maximum Gasteiger partial charge on any atom is 0.223 e. The van der Waals surface area contributed by atoms with Crippen LogP contribution in [0.4, 0.5) is 0 Å². The summed E-state index contributed by atoms with van der Waals surface area (Å²) in [5.74, 6) is -0.0146. The van der Waals surface area contributed by atoms with Crippen molar-refractivity contribution in [3.8, 4) is 0 Å². The lowest BCUT2D eigenvalue weighted by molar-refractivity contribution is -0.141. The summed E-state index contributed by atoms with van der Waals surface area (Å²) in [6.07, 6.45) is -0.0139. The first-order chi connectivity index (χ1) is 10.6. The largest absolute Gasteiger partial charge is 0.389 e. The van der Waals surface area contributed by atoms with Gasteiger partial charge < -0.3 is 10.0 Å². The lowest BCUT2D eigenvalue weighted by atomic mass is 9.87. The van der Waals surface area contributed by atoms with E-state index in [1.54, 1.807) is 4.90 Å². The zero-order valence-corrected chi connectivity index (χ0v) is 12.9. The van der Waals surface area contributed by atoms with E-state index in [9.17, 15) is 9.90 Å². The van der Waals surface area contributed by atoms with Gasteiger partial charge in [-0.05, 0) is 17.2 Å². The quantitative estimate of drug-likeness (QED) is 0.942. The second-order valence-electron chi connectivity index (χ2n) is 5.64. The Morgan fingerprint density at radius 1 is 1.14 bits per heavy atom. The van der Waals surface area contributed by atoms with Crippen LogP contribution in [0, 0.1) is 0 Å². The first-order valence-corrected chi connectivity index (χ1v) is 7.78. The average Bonchev–Trinajstić information content (AvgIpc) is 2.51. The van der Waals surface area contributed by atoms with Gasteiger partial charge in [-0.1, -0.05) is 60.1 Å². The molecule has 2 aromatic rings. The van der Waals surface area contributed by atoms with Crippen molar-refractivity contribution in [3.05, 3.63) is 70.7 Å². The van der Waals surface area contributed by atoms with Crippen LogP contribution in [0.3, 0.4) is 0 Å². The molecule has 0 radical (unpaired) electrons. The molecule has 1 heterocycles. The predicted molar refractivity (Wildman–Crippen MR) is 86.9 cm³/mol. The van der Waals surface area contributed by atoms with E-state index in [0.29, 0.717) is 24.5 Å². The van der Waals surface area contributed by atoms with Gasteiger partial charge in [0.2, 0.25) is 5.91 Å². The molecule has 1 atom stereocenters. The number of nitrogens with zero attached hydrogens (tertiary/aromatic N) is 1. The Kier molecular flexibility index (Phi) is 4.46. The van der Waals surface area contributed by atoms with E-state index >= 15 is 0 Å². The molecule has 2 aromatic carbocycles. The number of amides is 1. The summed E-state index contributed by atoms with van der Waals surface area (Å²) in [5.41, 5.74) is 2.04. The van der Waals surface area contributed by atoms with Gasteiger partial charge in [-0.3, -0.25) is 4.79 Å². The van der Waals surface area contributed by atoms with Gasteiger partial charge in [0.1, 0.15) is 0 Å². The molecular formula is C18H18ClNO2. The van der Waals surface area contributed by atoms with Gasteiger partial charge in [0.25, 0.3) is 0 Å². The second kappa shape index (κ2) is 6.51. The zero-order valence-electron chi connectivity index (χ0n) is 12.2. The molecule has 0 aliphatic carbocycles. The van der Waals surface area contributed by atoms with E-state index in [0.717, 1.165) is 11.1 Å². The molecule has 114 valence electrons. The lowest BCUT2D eigenvalue weighted by Crippen LogP contribution is -2.53. The van der Waals surface area contributed by atoms with Crippen molar-refractivity contribution >= 4 is 17.5 Å². The van der Waals surface area contributed by atoms with Gasteiger partial charge >= 0.3 is 0 Å². The van der Waals surface area contributed by atoms with Gasteiger partial charge in [0.05, 0.1) is 6.10 Å². The fourth-order valence-electron chi connectivity index (χ4n) is 2.81. The van der Waals surface area contributed by atoms with Gasteiger partial charge in [-0.25, -0.2) is 0 Å². The van der Waals surface area contributed by atoms with Crippen molar-refractivity contribution in [3.63, 3.8) is 0 Å². The van der Waals surface area contributed by atoms with Gasteiger partial charge in [0.15, 0.2) is 0 Å². The van der Waals surface area contributed by atoms with E-state index < -0.39 is 0 Å². The number of rotatable bonds is 4. The second-order valence-corrected chi connectivity index (χ2v) is 6.05. The average molecular weight is 316 g/mol. The number of aliphatic hydroxyl groups excluding tert-OH is 1. The molecule has 1 saturated heterocycles. The number of hydrogen-bond donors (Lipinski definition) is 1. The normalized spacial score (nSPS) is 16.2. The third kappa shape index (κ3) is 3.16. The first-order valence-electron chi connectivity index (χ1n) is 7.40. The molecule has 0 saturated carbocycles. The Morgan fingerprint density at radius 2 is 1.77 bits per heavy atom. The molecule has 0 bridgehead atoms. The summed E-state index contributed by atoms with van der Waals surface area (Å²) in [5, 5.41) is 10.0. The van der Waals surface area contributed by atoms with Crippen LogP contribution in [0.1, 0.15) is 23.5 Å². The van der Waals surface area contributed by atoms with Crippen molar-refractivity contribution < 1.29 is 9.90 Å². The summed E-state index contributed by atoms with van der Waals surface area (Å²) >= 11 is 6.34. The van der Waals surface area contributed by atoms with Crippen molar-refractivity contribution in [1.29, 1.82) is 0 Å². The summed E-state index contributed by atoms with van der Waals surface area (Å²) in [4.78, 5) is 14.1. The molecule has 0 aromatic heterocycles.